The van der Waals surface area contributed by atoms with Crippen molar-refractivity contribution in [1.29, 1.82) is 0 Å². The number of carbonyl (C=O) groups excluding carboxylic acids is 1. The second kappa shape index (κ2) is 8.74. The Bertz CT molecular complexity index is 910. The molecule has 27 heavy (non-hydrogen) atoms. The summed E-state index contributed by atoms with van der Waals surface area (Å²) in [4.78, 5) is 19.2. The number of aromatic nitrogens is 2. The second-order valence-electron chi connectivity index (χ2n) is 6.79. The normalized spacial score (nSPS) is 18.8. The van der Waals surface area contributed by atoms with Crippen molar-refractivity contribution in [2.75, 3.05) is 13.1 Å². The van der Waals surface area contributed by atoms with Crippen molar-refractivity contribution in [1.82, 2.24) is 14.5 Å². The summed E-state index contributed by atoms with van der Waals surface area (Å²) >= 11 is 0. The summed E-state index contributed by atoms with van der Waals surface area (Å²) in [7, 11) is 0. The molecule has 1 aliphatic rings. The molecular weight excluding hydrogens is 383 g/mol. The molecule has 0 aliphatic carbocycles. The summed E-state index contributed by atoms with van der Waals surface area (Å²) in [5.74, 6) is 0.501. The molecule has 2 aromatic carbocycles. The van der Waals surface area contributed by atoms with Crippen LogP contribution in [0.5, 0.6) is 0 Å². The van der Waals surface area contributed by atoms with Crippen molar-refractivity contribution in [2.45, 2.75) is 19.4 Å². The number of para-hydroxylation sites is 2. The first-order chi connectivity index (χ1) is 12.2. The smallest absolute Gasteiger partial charge is 0.254 e. The lowest BCUT2D eigenvalue weighted by Crippen LogP contribution is -2.34. The lowest BCUT2D eigenvalue weighted by atomic mass is 10.1. The van der Waals surface area contributed by atoms with Crippen molar-refractivity contribution in [3.05, 3.63) is 60.4 Å². The Morgan fingerprint density at radius 3 is 2.52 bits per heavy atom. The van der Waals surface area contributed by atoms with Gasteiger partial charge in [-0.1, -0.05) is 12.1 Å². The van der Waals surface area contributed by atoms with Crippen LogP contribution in [-0.2, 0) is 0 Å². The van der Waals surface area contributed by atoms with Crippen molar-refractivity contribution < 1.29 is 4.79 Å². The van der Waals surface area contributed by atoms with E-state index in [-0.39, 0.29) is 36.8 Å². The summed E-state index contributed by atoms with van der Waals surface area (Å²) in [6, 6.07) is 16.0. The Morgan fingerprint density at radius 2 is 1.85 bits per heavy atom. The van der Waals surface area contributed by atoms with Crippen molar-refractivity contribution in [2.24, 2.45) is 11.7 Å². The molecule has 0 saturated carbocycles. The number of imidazole rings is 1. The van der Waals surface area contributed by atoms with Crippen LogP contribution in [0.15, 0.2) is 54.9 Å². The molecule has 2 unspecified atom stereocenters. The number of fused-ring (bicyclic) bond motifs is 1. The molecule has 5 nitrogen and oxygen atoms in total. The van der Waals surface area contributed by atoms with Gasteiger partial charge >= 0.3 is 0 Å². The maximum Gasteiger partial charge on any atom is 0.254 e. The van der Waals surface area contributed by atoms with Crippen molar-refractivity contribution in [3.63, 3.8) is 0 Å². The third-order valence-electron chi connectivity index (χ3n) is 5.10. The van der Waals surface area contributed by atoms with E-state index < -0.39 is 0 Å². The van der Waals surface area contributed by atoms with Gasteiger partial charge in [-0.25, -0.2) is 4.98 Å². The standard InChI is InChI=1S/C20H22N4O.2ClH/c1-14-10-15(11-21)12-23(14)20(25)16-6-8-17(9-7-16)24-13-22-18-4-2-3-5-19(18)24;;/h2-9,13-15H,10-12,21H2,1H3;2*1H. The number of nitrogens with two attached hydrogens (primary N) is 1. The van der Waals surface area contributed by atoms with Crippen molar-refractivity contribution >= 4 is 41.8 Å². The van der Waals surface area contributed by atoms with Crippen molar-refractivity contribution in [3.8, 4) is 5.69 Å². The van der Waals surface area contributed by atoms with Crippen LogP contribution in [0.1, 0.15) is 23.7 Å². The minimum atomic E-state index is 0. The summed E-state index contributed by atoms with van der Waals surface area (Å²) in [6.45, 7) is 3.49. The Hall–Kier alpha value is -2.08. The quantitative estimate of drug-likeness (QED) is 0.721. The van der Waals surface area contributed by atoms with Crippen LogP contribution >= 0.6 is 24.8 Å². The molecule has 1 aliphatic heterocycles. The highest BCUT2D eigenvalue weighted by Gasteiger charge is 2.31. The molecule has 4 rings (SSSR count). The van der Waals surface area contributed by atoms with Crippen LogP contribution in [0.2, 0.25) is 0 Å². The number of nitrogens with zero attached hydrogens (tertiary/aromatic N) is 3. The number of likely N-dealkylation sites (tertiary alicyclic amines) is 1. The van der Waals surface area contributed by atoms with Gasteiger partial charge in [0.25, 0.3) is 5.91 Å². The van der Waals surface area contributed by atoms with Crippen LogP contribution < -0.4 is 5.73 Å². The molecule has 2 N–H and O–H groups in total. The predicted molar refractivity (Wildman–Crippen MR) is 113 cm³/mol. The average molecular weight is 407 g/mol. The molecule has 0 radical (unpaired) electrons. The average Bonchev–Trinajstić information content (AvgIpc) is 3.24. The number of hydrogen-bond acceptors (Lipinski definition) is 3. The van der Waals surface area contributed by atoms with E-state index in [9.17, 15) is 4.79 Å². The Kier molecular flexibility index (Phi) is 6.87. The zero-order chi connectivity index (χ0) is 17.4. The summed E-state index contributed by atoms with van der Waals surface area (Å²) in [5, 5.41) is 0. The van der Waals surface area contributed by atoms with Gasteiger partial charge in [0.15, 0.2) is 0 Å². The van der Waals surface area contributed by atoms with Gasteiger partial charge in [-0.3, -0.25) is 9.36 Å². The highest BCUT2D eigenvalue weighted by molar-refractivity contribution is 5.95. The van der Waals surface area contributed by atoms with Gasteiger partial charge in [0.05, 0.1) is 11.0 Å². The molecule has 1 saturated heterocycles. The largest absolute Gasteiger partial charge is 0.336 e. The molecule has 2 atom stereocenters. The maximum atomic E-state index is 12.8. The van der Waals surface area contributed by atoms with Crippen LogP contribution in [-0.4, -0.2) is 39.5 Å². The summed E-state index contributed by atoms with van der Waals surface area (Å²) in [6.07, 6.45) is 2.80. The number of rotatable bonds is 3. The summed E-state index contributed by atoms with van der Waals surface area (Å²) in [5.41, 5.74) is 9.51. The summed E-state index contributed by atoms with van der Waals surface area (Å²) < 4.78 is 2.03. The third-order valence-corrected chi connectivity index (χ3v) is 5.10. The van der Waals surface area contributed by atoms with E-state index in [1.165, 1.54) is 0 Å². The van der Waals surface area contributed by atoms with E-state index >= 15 is 0 Å². The first-order valence-corrected chi connectivity index (χ1v) is 8.71. The van der Waals surface area contributed by atoms with Gasteiger partial charge < -0.3 is 10.6 Å². The van der Waals surface area contributed by atoms with Crippen LogP contribution in [0.25, 0.3) is 16.7 Å². The monoisotopic (exact) mass is 406 g/mol. The number of halogens is 2. The first kappa shape index (κ1) is 21.2. The molecule has 1 amide bonds. The SMILES string of the molecule is CC1CC(CN)CN1C(=O)c1ccc(-n2cnc3ccccc32)cc1.Cl.Cl. The molecule has 0 spiro atoms. The predicted octanol–water partition coefficient (Wildman–Crippen LogP) is 3.68. The maximum absolute atomic E-state index is 12.8. The zero-order valence-electron chi connectivity index (χ0n) is 15.1. The van der Waals surface area contributed by atoms with Gasteiger partial charge in [-0.2, -0.15) is 0 Å². The number of benzene rings is 2. The third kappa shape index (κ3) is 3.95. The molecular formula is C20H24Cl2N4O. The molecule has 2 heterocycles. The van der Waals surface area contributed by atoms with E-state index in [4.69, 9.17) is 5.73 Å². The van der Waals surface area contributed by atoms with Gasteiger partial charge in [0.1, 0.15) is 6.33 Å². The minimum Gasteiger partial charge on any atom is -0.336 e. The molecule has 144 valence electrons. The van der Waals surface area contributed by atoms with Gasteiger partial charge in [0, 0.05) is 23.8 Å². The zero-order valence-corrected chi connectivity index (χ0v) is 16.7. The van der Waals surface area contributed by atoms with Crippen LogP contribution in [0, 0.1) is 5.92 Å². The second-order valence-corrected chi connectivity index (χ2v) is 6.79. The Morgan fingerprint density at radius 1 is 1.15 bits per heavy atom. The van der Waals surface area contributed by atoms with Crippen LogP contribution in [0.4, 0.5) is 0 Å². The van der Waals surface area contributed by atoms with E-state index in [0.717, 1.165) is 35.2 Å². The van der Waals surface area contributed by atoms with Crippen LogP contribution in [0.3, 0.4) is 0 Å². The van der Waals surface area contributed by atoms with E-state index in [1.54, 1.807) is 0 Å². The minimum absolute atomic E-state index is 0. The molecule has 7 heteroatoms. The number of hydrogen-bond donors (Lipinski definition) is 1. The number of carbonyl (C=O) groups is 1. The van der Waals surface area contributed by atoms with Gasteiger partial charge in [-0.15, -0.1) is 24.8 Å². The fourth-order valence-corrected chi connectivity index (χ4v) is 3.69. The highest BCUT2D eigenvalue weighted by atomic mass is 35.5. The fraction of sp³-hybridized carbons (Fsp3) is 0.300. The Balaban J connectivity index is 0.00000131. The highest BCUT2D eigenvalue weighted by Crippen LogP contribution is 2.25. The van der Waals surface area contributed by atoms with E-state index in [2.05, 4.69) is 11.9 Å². The molecule has 1 fully saturated rings. The van der Waals surface area contributed by atoms with Gasteiger partial charge in [0.2, 0.25) is 0 Å². The van der Waals surface area contributed by atoms with Gasteiger partial charge in [-0.05, 0) is 62.2 Å². The number of amides is 1. The molecule has 3 aromatic rings. The van der Waals surface area contributed by atoms with E-state index in [0.29, 0.717) is 12.5 Å². The first-order valence-electron chi connectivity index (χ1n) is 8.71. The van der Waals surface area contributed by atoms with E-state index in [1.807, 2.05) is 64.3 Å². The molecule has 1 aromatic heterocycles. The fourth-order valence-electron chi connectivity index (χ4n) is 3.69. The molecule has 0 bridgehead atoms. The topological polar surface area (TPSA) is 64.2 Å². The Labute approximate surface area is 171 Å². The lowest BCUT2D eigenvalue weighted by Gasteiger charge is -2.21. The lowest BCUT2D eigenvalue weighted by molar-refractivity contribution is 0.0743.